The quantitative estimate of drug-likeness (QED) is 0.471. The Bertz CT molecular complexity index is 1410. The molecule has 6 fully saturated rings. The largest absolute Gasteiger partial charge is 0.490 e. The number of nitrogens with two attached hydrogens (primary N) is 1. The molecule has 4 N–H and O–H groups in total. The summed E-state index contributed by atoms with van der Waals surface area (Å²) in [4.78, 5) is 25.9. The zero-order chi connectivity index (χ0) is 29.9. The van der Waals surface area contributed by atoms with E-state index in [1.165, 1.54) is 0 Å². The lowest BCUT2D eigenvalue weighted by Gasteiger charge is -2.59. The van der Waals surface area contributed by atoms with E-state index < -0.39 is 41.5 Å². The van der Waals surface area contributed by atoms with Gasteiger partial charge in [-0.1, -0.05) is 37.6 Å². The molecule has 0 radical (unpaired) electrons. The predicted molar refractivity (Wildman–Crippen MR) is 157 cm³/mol. The fraction of sp³-hybridized carbons (Fsp3) is 0.657. The van der Waals surface area contributed by atoms with Crippen LogP contribution in [0.25, 0.3) is 0 Å². The minimum Gasteiger partial charge on any atom is -0.490 e. The average molecular weight is 590 g/mol. The van der Waals surface area contributed by atoms with Gasteiger partial charge in [0.05, 0.1) is 18.3 Å². The van der Waals surface area contributed by atoms with E-state index in [0.29, 0.717) is 24.3 Å². The minimum atomic E-state index is -1.35. The maximum atomic E-state index is 13.7. The third kappa shape index (κ3) is 3.80. The van der Waals surface area contributed by atoms with Crippen LogP contribution in [0, 0.1) is 34.0 Å². The maximum Gasteiger partial charge on any atom is 0.193 e. The molecule has 7 aliphatic rings. The van der Waals surface area contributed by atoms with Crippen LogP contribution in [0.5, 0.6) is 5.75 Å². The van der Waals surface area contributed by atoms with Gasteiger partial charge in [-0.05, 0) is 92.9 Å². The van der Waals surface area contributed by atoms with E-state index in [0.717, 1.165) is 55.4 Å². The summed E-state index contributed by atoms with van der Waals surface area (Å²) in [5.41, 5.74) is 5.82. The van der Waals surface area contributed by atoms with Gasteiger partial charge >= 0.3 is 0 Å². The number of fused-ring (bicyclic) bond motifs is 7. The number of ether oxygens (including phenoxy) is 3. The highest BCUT2D eigenvalue weighted by Crippen LogP contribution is 2.70. The first-order valence-electron chi connectivity index (χ1n) is 16.1. The molecule has 6 aliphatic carbocycles. The summed E-state index contributed by atoms with van der Waals surface area (Å²) in [5.74, 6) is 0.565. The molecular weight excluding hydrogens is 546 g/mol. The molecule has 8 rings (SSSR count). The van der Waals surface area contributed by atoms with Crippen LogP contribution in [0.15, 0.2) is 48.1 Å². The summed E-state index contributed by atoms with van der Waals surface area (Å²) in [5, 5.41) is 22.0. The van der Waals surface area contributed by atoms with E-state index in [1.54, 1.807) is 12.2 Å². The van der Waals surface area contributed by atoms with Crippen molar-refractivity contribution in [3.63, 3.8) is 0 Å². The molecule has 5 saturated carbocycles. The normalized spacial score (nSPS) is 49.2. The fourth-order valence-electron chi connectivity index (χ4n) is 11.1. The van der Waals surface area contributed by atoms with Gasteiger partial charge in [-0.2, -0.15) is 0 Å². The zero-order valence-corrected chi connectivity index (χ0v) is 25.0. The SMILES string of the molecule is C[C@]12C=CC(=O)C=C1CC[C@@H]1[C@@H]2[C@@H](O)C[C@@]2(C)[C@H]1C[C@H]1O[C@@H](c3ccc(OC4CC5(CC(N)C5)C4)cc3)O[C@]12C(=O)CO. The molecule has 230 valence electrons. The van der Waals surface area contributed by atoms with E-state index in [1.807, 2.05) is 30.3 Å². The van der Waals surface area contributed by atoms with Crippen LogP contribution in [-0.2, 0) is 19.1 Å². The molecule has 8 heteroatoms. The average Bonchev–Trinajstić information content (AvgIpc) is 3.44. The van der Waals surface area contributed by atoms with Gasteiger partial charge in [0.1, 0.15) is 12.4 Å². The lowest BCUT2D eigenvalue weighted by Crippen LogP contribution is -2.63. The Kier molecular flexibility index (Phi) is 6.11. The molecule has 9 atom stereocenters. The molecule has 1 heterocycles. The Hall–Kier alpha value is -2.36. The molecule has 1 aromatic rings. The van der Waals surface area contributed by atoms with Crippen molar-refractivity contribution in [2.75, 3.05) is 6.61 Å². The van der Waals surface area contributed by atoms with Gasteiger partial charge in [-0.3, -0.25) is 9.59 Å². The van der Waals surface area contributed by atoms with E-state index in [2.05, 4.69) is 13.8 Å². The third-order valence-electron chi connectivity index (χ3n) is 13.0. The lowest BCUT2D eigenvalue weighted by molar-refractivity contribution is -0.201. The number of aliphatic hydroxyl groups is 2. The van der Waals surface area contributed by atoms with E-state index in [9.17, 15) is 19.8 Å². The van der Waals surface area contributed by atoms with Crippen molar-refractivity contribution in [2.24, 2.45) is 39.7 Å². The number of rotatable bonds is 5. The zero-order valence-electron chi connectivity index (χ0n) is 25.0. The third-order valence-corrected chi connectivity index (χ3v) is 13.0. The van der Waals surface area contributed by atoms with Crippen LogP contribution < -0.4 is 10.5 Å². The number of hydrogen-bond donors (Lipinski definition) is 3. The highest BCUT2D eigenvalue weighted by atomic mass is 16.7. The first-order valence-corrected chi connectivity index (χ1v) is 16.1. The summed E-state index contributed by atoms with van der Waals surface area (Å²) in [6, 6.07) is 8.09. The summed E-state index contributed by atoms with van der Waals surface area (Å²) in [6.07, 6.45) is 10.5. The van der Waals surface area contributed by atoms with Crippen LogP contribution >= 0.6 is 0 Å². The van der Waals surface area contributed by atoms with E-state index in [4.69, 9.17) is 19.9 Å². The van der Waals surface area contributed by atoms with Crippen LogP contribution in [-0.4, -0.2) is 58.3 Å². The van der Waals surface area contributed by atoms with Crippen molar-refractivity contribution in [2.45, 2.75) is 101 Å². The van der Waals surface area contributed by atoms with Gasteiger partial charge < -0.3 is 30.2 Å². The van der Waals surface area contributed by atoms with Crippen molar-refractivity contribution < 1.29 is 34.0 Å². The van der Waals surface area contributed by atoms with Gasteiger partial charge in [0.15, 0.2) is 23.5 Å². The Balaban J connectivity index is 1.03. The molecule has 0 unspecified atom stereocenters. The topological polar surface area (TPSA) is 128 Å². The molecule has 0 bridgehead atoms. The van der Waals surface area contributed by atoms with E-state index >= 15 is 0 Å². The van der Waals surface area contributed by atoms with Crippen molar-refractivity contribution >= 4 is 11.6 Å². The second kappa shape index (κ2) is 9.33. The van der Waals surface area contributed by atoms with Crippen LogP contribution in [0.4, 0.5) is 0 Å². The molecule has 1 spiro atoms. The maximum absolute atomic E-state index is 13.7. The van der Waals surface area contributed by atoms with Crippen molar-refractivity contribution in [3.05, 3.63) is 53.6 Å². The van der Waals surface area contributed by atoms with Gasteiger partial charge in [0, 0.05) is 28.4 Å². The van der Waals surface area contributed by atoms with Crippen LogP contribution in [0.1, 0.15) is 77.1 Å². The monoisotopic (exact) mass is 589 g/mol. The molecule has 43 heavy (non-hydrogen) atoms. The summed E-state index contributed by atoms with van der Waals surface area (Å²) in [6.45, 7) is 3.55. The Morgan fingerprint density at radius 3 is 2.56 bits per heavy atom. The van der Waals surface area contributed by atoms with Gasteiger partial charge in [-0.25, -0.2) is 0 Å². The number of allylic oxidation sites excluding steroid dienone is 4. The number of aliphatic hydroxyl groups excluding tert-OH is 2. The smallest absolute Gasteiger partial charge is 0.193 e. The Labute approximate surface area is 252 Å². The number of Topliss-reactive ketones (excluding diaryl/α,β-unsaturated/α-hetero) is 1. The molecule has 1 aromatic carbocycles. The molecular formula is C35H43NO7. The predicted octanol–water partition coefficient (Wildman–Crippen LogP) is 3.94. The van der Waals surface area contributed by atoms with Gasteiger partial charge in [0.2, 0.25) is 0 Å². The molecule has 1 saturated heterocycles. The number of carbonyl (C=O) groups excluding carboxylic acids is 2. The first-order chi connectivity index (χ1) is 20.5. The van der Waals surface area contributed by atoms with Gasteiger partial charge in [0.25, 0.3) is 0 Å². The van der Waals surface area contributed by atoms with Crippen molar-refractivity contribution in [1.82, 2.24) is 0 Å². The molecule has 8 nitrogen and oxygen atoms in total. The second-order valence-electron chi connectivity index (χ2n) is 15.2. The summed E-state index contributed by atoms with van der Waals surface area (Å²) < 4.78 is 19.5. The fourth-order valence-corrected chi connectivity index (χ4v) is 11.1. The van der Waals surface area contributed by atoms with Crippen molar-refractivity contribution in [3.8, 4) is 5.75 Å². The Morgan fingerprint density at radius 1 is 1.12 bits per heavy atom. The van der Waals surface area contributed by atoms with Crippen LogP contribution in [0.3, 0.4) is 0 Å². The summed E-state index contributed by atoms with van der Waals surface area (Å²) in [7, 11) is 0. The molecule has 0 amide bonds. The van der Waals surface area contributed by atoms with Gasteiger partial charge in [-0.15, -0.1) is 0 Å². The standard InChI is InChI=1S/C35H43NO7/c1-32-10-9-22(38)11-20(32)5-8-25-26-12-29-35(28(40)18-37,33(26,2)17-27(39)30(25)32)43-31(42-29)19-3-6-23(7-4-19)41-24-15-34(16-24)13-21(36)14-34/h3-4,6-7,9-11,21,24-27,29-31,37,39H,5,8,12-18,36H2,1-2H3/t21?,24?,25-,26-,27-,29+,30+,31+,32-,33-,34?,35+/m0/s1. The lowest BCUT2D eigenvalue weighted by atomic mass is 9.46. The number of benzene rings is 1. The number of hydrogen-bond acceptors (Lipinski definition) is 8. The molecule has 0 aromatic heterocycles. The van der Waals surface area contributed by atoms with Crippen molar-refractivity contribution in [1.29, 1.82) is 0 Å². The Morgan fingerprint density at radius 2 is 1.86 bits per heavy atom. The molecule has 1 aliphatic heterocycles. The highest BCUT2D eigenvalue weighted by Gasteiger charge is 2.75. The summed E-state index contributed by atoms with van der Waals surface area (Å²) >= 11 is 0. The second-order valence-corrected chi connectivity index (χ2v) is 15.2. The minimum absolute atomic E-state index is 0.00619. The highest BCUT2D eigenvalue weighted by molar-refractivity contribution is 6.01. The first kappa shape index (κ1) is 28.1. The number of ketones is 2. The van der Waals surface area contributed by atoms with E-state index in [-0.39, 0.29) is 35.4 Å². The number of carbonyl (C=O) groups is 2. The van der Waals surface area contributed by atoms with Crippen LogP contribution in [0.2, 0.25) is 0 Å².